The fourth-order valence-electron chi connectivity index (χ4n) is 3.56. The van der Waals surface area contributed by atoms with E-state index in [-0.39, 0.29) is 28.9 Å². The number of rotatable bonds is 3. The van der Waals surface area contributed by atoms with E-state index < -0.39 is 0 Å². The molecule has 0 radical (unpaired) electrons. The summed E-state index contributed by atoms with van der Waals surface area (Å²) in [5.74, 6) is 1.02. The highest BCUT2D eigenvalue weighted by atomic mass is 16.5. The van der Waals surface area contributed by atoms with Gasteiger partial charge in [-0.25, -0.2) is 0 Å². The van der Waals surface area contributed by atoms with Crippen molar-refractivity contribution in [3.05, 3.63) is 22.8 Å². The van der Waals surface area contributed by atoms with E-state index in [1.54, 1.807) is 0 Å². The summed E-state index contributed by atoms with van der Waals surface area (Å²) < 4.78 is 5.66. The van der Waals surface area contributed by atoms with Crippen LogP contribution in [0.1, 0.15) is 53.4 Å². The molecule has 2 N–H and O–H groups in total. The molecule has 114 valence electrons. The molecule has 2 rings (SSSR count). The Morgan fingerprint density at radius 2 is 2.00 bits per heavy atom. The maximum Gasteiger partial charge on any atom is 0.204 e. The lowest BCUT2D eigenvalue weighted by atomic mass is 9.68. The van der Waals surface area contributed by atoms with Gasteiger partial charge >= 0.3 is 0 Å². The van der Waals surface area contributed by atoms with Crippen LogP contribution in [0.3, 0.4) is 0 Å². The molecule has 1 atom stereocenters. The molecule has 1 heterocycles. The van der Waals surface area contributed by atoms with Gasteiger partial charge in [-0.05, 0) is 11.3 Å². The third-order valence-corrected chi connectivity index (χ3v) is 4.64. The minimum absolute atomic E-state index is 0.110. The number of nitrogens with zero attached hydrogens (tertiary/aromatic N) is 1. The predicted octanol–water partition coefficient (Wildman–Crippen LogP) is 3.41. The molecule has 0 saturated carbocycles. The van der Waals surface area contributed by atoms with Crippen LogP contribution in [0.4, 0.5) is 0 Å². The van der Waals surface area contributed by atoms with Crippen molar-refractivity contribution in [2.75, 3.05) is 0 Å². The number of carbonyl (C=O) groups excluding carboxylic acids is 1. The zero-order chi connectivity index (χ0) is 15.8. The van der Waals surface area contributed by atoms with E-state index >= 15 is 0 Å². The zero-order valence-corrected chi connectivity index (χ0v) is 13.3. The van der Waals surface area contributed by atoms with Gasteiger partial charge in [-0.2, -0.15) is 5.26 Å². The minimum Gasteiger partial charge on any atom is -0.444 e. The Kier molecular flexibility index (Phi) is 4.13. The maximum atomic E-state index is 12.6. The van der Waals surface area contributed by atoms with Crippen molar-refractivity contribution >= 4 is 5.78 Å². The molecule has 0 amide bonds. The van der Waals surface area contributed by atoms with E-state index in [4.69, 9.17) is 10.5 Å². The van der Waals surface area contributed by atoms with Crippen molar-refractivity contribution in [3.8, 4) is 6.07 Å². The van der Waals surface area contributed by atoms with E-state index in [0.29, 0.717) is 29.7 Å². The lowest BCUT2D eigenvalue weighted by Crippen LogP contribution is -2.36. The van der Waals surface area contributed by atoms with Crippen molar-refractivity contribution in [2.45, 2.75) is 53.4 Å². The fourth-order valence-corrected chi connectivity index (χ4v) is 3.56. The van der Waals surface area contributed by atoms with E-state index in [1.807, 2.05) is 0 Å². The Labute approximate surface area is 126 Å². The van der Waals surface area contributed by atoms with Gasteiger partial charge in [0.1, 0.15) is 11.8 Å². The number of nitrogens with two attached hydrogens (primary N) is 1. The van der Waals surface area contributed by atoms with Gasteiger partial charge < -0.3 is 10.5 Å². The summed E-state index contributed by atoms with van der Waals surface area (Å²) in [5.41, 5.74) is 6.97. The first-order valence-corrected chi connectivity index (χ1v) is 7.68. The molecule has 0 aromatic heterocycles. The van der Waals surface area contributed by atoms with Gasteiger partial charge in [0, 0.05) is 24.3 Å². The zero-order valence-electron chi connectivity index (χ0n) is 13.3. The van der Waals surface area contributed by atoms with Crippen molar-refractivity contribution in [2.24, 2.45) is 23.0 Å². The van der Waals surface area contributed by atoms with Gasteiger partial charge in [-0.15, -0.1) is 0 Å². The molecule has 21 heavy (non-hydrogen) atoms. The number of carbonyl (C=O) groups is 1. The van der Waals surface area contributed by atoms with Crippen LogP contribution in [-0.4, -0.2) is 5.78 Å². The molecule has 0 bridgehead atoms. The smallest absolute Gasteiger partial charge is 0.204 e. The molecule has 1 aliphatic carbocycles. The van der Waals surface area contributed by atoms with Crippen molar-refractivity contribution in [3.63, 3.8) is 0 Å². The summed E-state index contributed by atoms with van der Waals surface area (Å²) in [4.78, 5) is 12.6. The van der Waals surface area contributed by atoms with Crippen LogP contribution in [0.25, 0.3) is 0 Å². The van der Waals surface area contributed by atoms with Gasteiger partial charge in [0.15, 0.2) is 5.78 Å². The Bertz CT molecular complexity index is 560. The molecular weight excluding hydrogens is 264 g/mol. The second kappa shape index (κ2) is 5.55. The number of ketones is 1. The monoisotopic (exact) mass is 288 g/mol. The van der Waals surface area contributed by atoms with E-state index in [0.717, 1.165) is 12.8 Å². The molecule has 2 aliphatic rings. The predicted molar refractivity (Wildman–Crippen MR) is 80.5 cm³/mol. The molecule has 0 aromatic carbocycles. The standard InChI is InChI=1S/C17H24N2O2/c1-5-10(6-2)14-11(9-18)16(19)21-13-8-17(3,4)7-12(20)15(13)14/h10,14H,5-8,19H2,1-4H3/t14-/m0/s1. The summed E-state index contributed by atoms with van der Waals surface area (Å²) in [6.07, 6.45) is 3.02. The van der Waals surface area contributed by atoms with Crippen LogP contribution in [0, 0.1) is 28.6 Å². The molecule has 1 aliphatic heterocycles. The van der Waals surface area contributed by atoms with Gasteiger partial charge in [-0.1, -0.05) is 40.5 Å². The molecule has 0 fully saturated rings. The molecule has 0 saturated heterocycles. The van der Waals surface area contributed by atoms with Crippen LogP contribution >= 0.6 is 0 Å². The Balaban J connectivity index is 2.55. The molecular formula is C17H24N2O2. The highest BCUT2D eigenvalue weighted by Gasteiger charge is 2.44. The van der Waals surface area contributed by atoms with E-state index in [9.17, 15) is 10.1 Å². The maximum absolute atomic E-state index is 12.6. The normalized spacial score (nSPS) is 24.8. The minimum atomic E-state index is -0.197. The van der Waals surface area contributed by atoms with Gasteiger partial charge in [0.05, 0.1) is 5.57 Å². The molecule has 0 aromatic rings. The number of allylic oxidation sites excluding steroid dienone is 3. The molecule has 4 nitrogen and oxygen atoms in total. The van der Waals surface area contributed by atoms with Crippen molar-refractivity contribution in [1.29, 1.82) is 5.26 Å². The number of hydrogen-bond acceptors (Lipinski definition) is 4. The molecule has 4 heteroatoms. The third-order valence-electron chi connectivity index (χ3n) is 4.64. The van der Waals surface area contributed by atoms with Crippen molar-refractivity contribution < 1.29 is 9.53 Å². The summed E-state index contributed by atoms with van der Waals surface area (Å²) in [7, 11) is 0. The molecule has 0 spiro atoms. The third kappa shape index (κ3) is 2.70. The van der Waals surface area contributed by atoms with Gasteiger partial charge in [-0.3, -0.25) is 4.79 Å². The summed E-state index contributed by atoms with van der Waals surface area (Å²) in [6, 6.07) is 2.17. The first-order valence-electron chi connectivity index (χ1n) is 7.68. The van der Waals surface area contributed by atoms with Gasteiger partial charge in [0.25, 0.3) is 0 Å². The Morgan fingerprint density at radius 1 is 1.38 bits per heavy atom. The van der Waals surface area contributed by atoms with Crippen molar-refractivity contribution in [1.82, 2.24) is 0 Å². The van der Waals surface area contributed by atoms with E-state index in [2.05, 4.69) is 33.8 Å². The summed E-state index contributed by atoms with van der Waals surface area (Å²) in [5, 5.41) is 9.45. The largest absolute Gasteiger partial charge is 0.444 e. The average Bonchev–Trinajstić information content (AvgIpc) is 2.37. The SMILES string of the molecule is CCC(CC)[C@H]1C(C#N)=C(N)OC2=C1C(=O)CC(C)(C)C2. The summed E-state index contributed by atoms with van der Waals surface area (Å²) >= 11 is 0. The Hall–Kier alpha value is -1.76. The van der Waals surface area contributed by atoms with Crippen LogP contribution in [-0.2, 0) is 9.53 Å². The average molecular weight is 288 g/mol. The van der Waals surface area contributed by atoms with Crippen LogP contribution in [0.15, 0.2) is 22.8 Å². The first-order chi connectivity index (χ1) is 9.84. The van der Waals surface area contributed by atoms with Crippen LogP contribution in [0.5, 0.6) is 0 Å². The summed E-state index contributed by atoms with van der Waals surface area (Å²) in [6.45, 7) is 8.30. The second-order valence-electron chi connectivity index (χ2n) is 6.82. The second-order valence-corrected chi connectivity index (χ2v) is 6.82. The lowest BCUT2D eigenvalue weighted by molar-refractivity contribution is -0.119. The van der Waals surface area contributed by atoms with Gasteiger partial charge in [0.2, 0.25) is 5.88 Å². The topological polar surface area (TPSA) is 76.1 Å². The number of ether oxygens (including phenoxy) is 1. The highest BCUT2D eigenvalue weighted by molar-refractivity contribution is 5.98. The number of nitriles is 1. The fraction of sp³-hybridized carbons (Fsp3) is 0.647. The van der Waals surface area contributed by atoms with Crippen LogP contribution in [0.2, 0.25) is 0 Å². The first kappa shape index (κ1) is 15.6. The van der Waals surface area contributed by atoms with E-state index in [1.165, 1.54) is 0 Å². The number of hydrogen-bond donors (Lipinski definition) is 1. The van der Waals surface area contributed by atoms with Crippen LogP contribution < -0.4 is 5.73 Å². The quantitative estimate of drug-likeness (QED) is 0.863. The Morgan fingerprint density at radius 3 is 2.52 bits per heavy atom. The highest BCUT2D eigenvalue weighted by Crippen LogP contribution is 2.47. The number of Topliss-reactive ketones (excluding diaryl/α,β-unsaturated/α-hetero) is 1. The molecule has 0 unspecified atom stereocenters. The lowest BCUT2D eigenvalue weighted by Gasteiger charge is -2.39.